The molecule has 2 atom stereocenters. The SMILES string of the molecule is COC(CNC(=O)C(CCSC)NS(=O)(=O)c1ccccc1)C(=O)O. The number of carboxylic acid groups (broad SMARTS) is 1. The standard InChI is InChI=1S/C15H22N2O6S2/c1-23-13(15(19)20)10-16-14(18)12(8-9-24-2)17-25(21,22)11-6-4-3-5-7-11/h3-7,12-13,17H,8-10H2,1-2H3,(H,16,18)(H,19,20). The summed E-state index contributed by atoms with van der Waals surface area (Å²) in [6.07, 6.45) is 0.909. The van der Waals surface area contributed by atoms with Gasteiger partial charge >= 0.3 is 5.97 Å². The van der Waals surface area contributed by atoms with Crippen molar-refractivity contribution in [2.75, 3.05) is 25.7 Å². The zero-order valence-corrected chi connectivity index (χ0v) is 15.6. The lowest BCUT2D eigenvalue weighted by Gasteiger charge is -2.19. The molecule has 1 amide bonds. The van der Waals surface area contributed by atoms with Crippen molar-refractivity contribution in [1.82, 2.24) is 10.0 Å². The molecule has 1 aromatic carbocycles. The van der Waals surface area contributed by atoms with Gasteiger partial charge in [0.15, 0.2) is 6.10 Å². The second kappa shape index (κ2) is 10.4. The minimum atomic E-state index is -3.86. The summed E-state index contributed by atoms with van der Waals surface area (Å²) in [6.45, 7) is -0.256. The molecule has 0 heterocycles. The van der Waals surface area contributed by atoms with Gasteiger partial charge in [0.1, 0.15) is 6.04 Å². The quantitative estimate of drug-likeness (QED) is 0.497. The van der Waals surface area contributed by atoms with Crippen LogP contribution in [-0.4, -0.2) is 63.2 Å². The van der Waals surface area contributed by atoms with Crippen molar-refractivity contribution in [2.45, 2.75) is 23.5 Å². The van der Waals surface area contributed by atoms with Crippen LogP contribution in [-0.2, 0) is 24.3 Å². The third-order valence-electron chi connectivity index (χ3n) is 3.30. The predicted octanol–water partition coefficient (Wildman–Crippen LogP) is 0.302. The fraction of sp³-hybridized carbons (Fsp3) is 0.467. The van der Waals surface area contributed by atoms with E-state index in [0.29, 0.717) is 5.75 Å². The molecule has 1 aromatic rings. The maximum atomic E-state index is 12.4. The summed E-state index contributed by atoms with van der Waals surface area (Å²) >= 11 is 1.47. The number of nitrogens with one attached hydrogen (secondary N) is 2. The zero-order chi connectivity index (χ0) is 18.9. The number of hydrogen-bond donors (Lipinski definition) is 3. The van der Waals surface area contributed by atoms with Crippen molar-refractivity contribution in [3.8, 4) is 0 Å². The van der Waals surface area contributed by atoms with Crippen LogP contribution in [0.1, 0.15) is 6.42 Å². The maximum absolute atomic E-state index is 12.4. The number of carboxylic acids is 1. The van der Waals surface area contributed by atoms with Crippen LogP contribution in [0, 0.1) is 0 Å². The lowest BCUT2D eigenvalue weighted by molar-refractivity contribution is -0.148. The fourth-order valence-electron chi connectivity index (χ4n) is 1.92. The highest BCUT2D eigenvalue weighted by Gasteiger charge is 2.26. The first kappa shape index (κ1) is 21.4. The first-order valence-electron chi connectivity index (χ1n) is 7.41. The van der Waals surface area contributed by atoms with E-state index in [0.717, 1.165) is 0 Å². The number of hydrogen-bond acceptors (Lipinski definition) is 6. The van der Waals surface area contributed by atoms with Gasteiger partial charge in [-0.05, 0) is 30.6 Å². The molecule has 1 rings (SSSR count). The molecule has 0 spiro atoms. The van der Waals surface area contributed by atoms with Gasteiger partial charge in [-0.2, -0.15) is 16.5 Å². The first-order chi connectivity index (χ1) is 11.8. The Kier molecular flexibility index (Phi) is 8.90. The number of amides is 1. The largest absolute Gasteiger partial charge is 0.479 e. The van der Waals surface area contributed by atoms with E-state index in [2.05, 4.69) is 10.0 Å². The highest BCUT2D eigenvalue weighted by Crippen LogP contribution is 2.10. The normalized spacial score (nSPS) is 13.8. The number of aliphatic carboxylic acids is 1. The summed E-state index contributed by atoms with van der Waals surface area (Å²) in [6, 6.07) is 6.70. The topological polar surface area (TPSA) is 122 Å². The van der Waals surface area contributed by atoms with Gasteiger partial charge in [-0.1, -0.05) is 18.2 Å². The van der Waals surface area contributed by atoms with Crippen LogP contribution in [0.4, 0.5) is 0 Å². The summed E-state index contributed by atoms with van der Waals surface area (Å²) < 4.78 is 31.9. The summed E-state index contributed by atoms with van der Waals surface area (Å²) in [5, 5.41) is 11.3. The molecule has 2 unspecified atom stereocenters. The molecule has 0 aromatic heterocycles. The highest BCUT2D eigenvalue weighted by atomic mass is 32.2. The number of benzene rings is 1. The molecule has 3 N–H and O–H groups in total. The first-order valence-corrected chi connectivity index (χ1v) is 10.3. The van der Waals surface area contributed by atoms with E-state index in [1.807, 2.05) is 6.26 Å². The molecule has 25 heavy (non-hydrogen) atoms. The fourth-order valence-corrected chi connectivity index (χ4v) is 3.64. The lowest BCUT2D eigenvalue weighted by atomic mass is 10.2. The Labute approximate surface area is 151 Å². The van der Waals surface area contributed by atoms with Crippen LogP contribution < -0.4 is 10.0 Å². The van der Waals surface area contributed by atoms with Gasteiger partial charge in [0, 0.05) is 7.11 Å². The average molecular weight is 390 g/mol. The number of carbonyl (C=O) groups excluding carboxylic acids is 1. The molecule has 8 nitrogen and oxygen atoms in total. The van der Waals surface area contributed by atoms with Crippen LogP contribution >= 0.6 is 11.8 Å². The van der Waals surface area contributed by atoms with Crippen LogP contribution in [0.2, 0.25) is 0 Å². The lowest BCUT2D eigenvalue weighted by Crippen LogP contribution is -2.49. The Morgan fingerprint density at radius 3 is 2.44 bits per heavy atom. The smallest absolute Gasteiger partial charge is 0.334 e. The summed E-state index contributed by atoms with van der Waals surface area (Å²) in [4.78, 5) is 23.3. The van der Waals surface area contributed by atoms with Crippen molar-refractivity contribution in [3.63, 3.8) is 0 Å². The van der Waals surface area contributed by atoms with E-state index < -0.39 is 34.0 Å². The Hall–Kier alpha value is -1.62. The van der Waals surface area contributed by atoms with Gasteiger partial charge < -0.3 is 15.2 Å². The van der Waals surface area contributed by atoms with Gasteiger partial charge in [-0.15, -0.1) is 0 Å². The molecule has 0 saturated heterocycles. The Morgan fingerprint density at radius 2 is 1.92 bits per heavy atom. The predicted molar refractivity (Wildman–Crippen MR) is 95.0 cm³/mol. The van der Waals surface area contributed by atoms with Gasteiger partial charge in [0.25, 0.3) is 0 Å². The molecule has 0 saturated carbocycles. The van der Waals surface area contributed by atoms with Crippen LogP contribution in [0.25, 0.3) is 0 Å². The van der Waals surface area contributed by atoms with Crippen LogP contribution in [0.5, 0.6) is 0 Å². The second-order valence-corrected chi connectivity index (χ2v) is 7.78. The third kappa shape index (κ3) is 7.02. The number of thioether (sulfide) groups is 1. The maximum Gasteiger partial charge on any atom is 0.334 e. The Bertz CT molecular complexity index is 666. The van der Waals surface area contributed by atoms with Crippen LogP contribution in [0.3, 0.4) is 0 Å². The number of ether oxygens (including phenoxy) is 1. The number of carbonyl (C=O) groups is 2. The molecular formula is C15H22N2O6S2. The van der Waals surface area contributed by atoms with Gasteiger partial charge in [0.2, 0.25) is 15.9 Å². The van der Waals surface area contributed by atoms with E-state index in [9.17, 15) is 18.0 Å². The van der Waals surface area contributed by atoms with E-state index in [1.54, 1.807) is 18.2 Å². The van der Waals surface area contributed by atoms with Crippen molar-refractivity contribution in [3.05, 3.63) is 30.3 Å². The minimum absolute atomic E-state index is 0.0530. The van der Waals surface area contributed by atoms with Gasteiger partial charge in [-0.3, -0.25) is 4.79 Å². The van der Waals surface area contributed by atoms with Crippen molar-refractivity contribution in [2.24, 2.45) is 0 Å². The highest BCUT2D eigenvalue weighted by molar-refractivity contribution is 7.98. The molecule has 0 bridgehead atoms. The summed E-state index contributed by atoms with van der Waals surface area (Å²) in [5.41, 5.74) is 0. The van der Waals surface area contributed by atoms with E-state index in [-0.39, 0.29) is 17.9 Å². The van der Waals surface area contributed by atoms with Gasteiger partial charge in [-0.25, -0.2) is 13.2 Å². The average Bonchev–Trinajstić information content (AvgIpc) is 2.59. The van der Waals surface area contributed by atoms with Gasteiger partial charge in [0.05, 0.1) is 11.4 Å². The minimum Gasteiger partial charge on any atom is -0.479 e. The van der Waals surface area contributed by atoms with Crippen molar-refractivity contribution in [1.29, 1.82) is 0 Å². The molecule has 0 radical (unpaired) electrons. The Morgan fingerprint density at radius 1 is 1.28 bits per heavy atom. The number of sulfonamides is 1. The Balaban J connectivity index is 2.82. The molecule has 10 heteroatoms. The third-order valence-corrected chi connectivity index (χ3v) is 5.43. The van der Waals surface area contributed by atoms with Crippen LogP contribution in [0.15, 0.2) is 35.2 Å². The molecule has 0 aliphatic heterocycles. The number of rotatable bonds is 11. The monoisotopic (exact) mass is 390 g/mol. The molecule has 0 aliphatic rings. The van der Waals surface area contributed by atoms with E-state index >= 15 is 0 Å². The zero-order valence-electron chi connectivity index (χ0n) is 14.0. The summed E-state index contributed by atoms with van der Waals surface area (Å²) in [5.74, 6) is -1.26. The second-order valence-electron chi connectivity index (χ2n) is 5.08. The molecule has 0 aliphatic carbocycles. The van der Waals surface area contributed by atoms with Crippen molar-refractivity contribution < 1.29 is 27.9 Å². The van der Waals surface area contributed by atoms with E-state index in [1.165, 1.54) is 31.0 Å². The summed E-state index contributed by atoms with van der Waals surface area (Å²) in [7, 11) is -2.65. The molecule has 0 fully saturated rings. The van der Waals surface area contributed by atoms with Crippen molar-refractivity contribution >= 4 is 33.7 Å². The number of methoxy groups -OCH3 is 1. The molecule has 140 valence electrons. The van der Waals surface area contributed by atoms with E-state index in [4.69, 9.17) is 9.84 Å². The molecular weight excluding hydrogens is 368 g/mol.